The summed E-state index contributed by atoms with van der Waals surface area (Å²) in [5.41, 5.74) is 6.12. The molecular formula is C33H30N2O2. The van der Waals surface area contributed by atoms with E-state index in [2.05, 4.69) is 76.9 Å². The highest BCUT2D eigenvalue weighted by Gasteiger charge is 2.32. The van der Waals surface area contributed by atoms with E-state index in [0.29, 0.717) is 6.04 Å². The smallest absolute Gasteiger partial charge is 0.158 e. The predicted molar refractivity (Wildman–Crippen MR) is 150 cm³/mol. The Kier molecular flexibility index (Phi) is 5.29. The standard InChI is InChI=1S/C33H30N2O2/c36-31-18-28-26-16-23(34-33(21-8-3-1-4-9-21)22-10-5-2-6-11-22)13-14-25(26)27-17-24-12-7-15-35(24)20-30(27)29(28)19-32(31)37/h1-6,8-11,13-14,16,18-19,24,33-34,36-37H,7,12,15,17,20H2/t24-/m0/s1. The number of aromatic hydroxyl groups is 2. The number of phenolic OH excluding ortho intramolecular Hbond substituents is 2. The van der Waals surface area contributed by atoms with Gasteiger partial charge in [-0.3, -0.25) is 4.90 Å². The zero-order chi connectivity index (χ0) is 24.9. The molecule has 0 aliphatic carbocycles. The van der Waals surface area contributed by atoms with Crippen LogP contribution in [-0.2, 0) is 13.0 Å². The highest BCUT2D eigenvalue weighted by atomic mass is 16.3. The van der Waals surface area contributed by atoms with Crippen molar-refractivity contribution in [1.82, 2.24) is 4.90 Å². The molecule has 184 valence electrons. The fourth-order valence-electron chi connectivity index (χ4n) is 6.50. The fraction of sp³-hybridized carbons (Fsp3) is 0.212. The molecule has 2 aliphatic rings. The molecule has 2 heterocycles. The van der Waals surface area contributed by atoms with Crippen LogP contribution in [0, 0.1) is 0 Å². The summed E-state index contributed by atoms with van der Waals surface area (Å²) in [6, 6.07) is 31.8. The second kappa shape index (κ2) is 8.82. The van der Waals surface area contributed by atoms with E-state index in [1.807, 2.05) is 12.1 Å². The van der Waals surface area contributed by atoms with Crippen LogP contribution in [0.2, 0.25) is 0 Å². The van der Waals surface area contributed by atoms with Gasteiger partial charge in [0.05, 0.1) is 6.04 Å². The second-order valence-corrected chi connectivity index (χ2v) is 10.5. The lowest BCUT2D eigenvalue weighted by Gasteiger charge is -2.33. The van der Waals surface area contributed by atoms with E-state index in [1.54, 1.807) is 12.1 Å². The number of benzene rings is 5. The van der Waals surface area contributed by atoms with Gasteiger partial charge in [-0.25, -0.2) is 0 Å². The lowest BCUT2D eigenvalue weighted by Crippen LogP contribution is -2.35. The van der Waals surface area contributed by atoms with Crippen LogP contribution in [0.4, 0.5) is 5.69 Å². The summed E-state index contributed by atoms with van der Waals surface area (Å²) in [4.78, 5) is 2.58. The average Bonchev–Trinajstić information content (AvgIpc) is 3.40. The summed E-state index contributed by atoms with van der Waals surface area (Å²) in [5, 5.41) is 29.1. The molecule has 0 spiro atoms. The molecule has 0 bridgehead atoms. The van der Waals surface area contributed by atoms with Crippen LogP contribution in [-0.4, -0.2) is 27.7 Å². The Morgan fingerprint density at radius 1 is 0.703 bits per heavy atom. The van der Waals surface area contributed by atoms with E-state index >= 15 is 0 Å². The van der Waals surface area contributed by atoms with E-state index in [-0.39, 0.29) is 17.5 Å². The van der Waals surface area contributed by atoms with Gasteiger partial charge >= 0.3 is 0 Å². The number of hydrogen-bond acceptors (Lipinski definition) is 4. The summed E-state index contributed by atoms with van der Waals surface area (Å²) < 4.78 is 0. The highest BCUT2D eigenvalue weighted by molar-refractivity contribution is 6.12. The first kappa shape index (κ1) is 22.2. The van der Waals surface area contributed by atoms with Crippen molar-refractivity contribution < 1.29 is 10.2 Å². The molecule has 4 heteroatoms. The van der Waals surface area contributed by atoms with Crippen LogP contribution >= 0.6 is 0 Å². The first-order valence-electron chi connectivity index (χ1n) is 13.2. The molecule has 0 aromatic heterocycles. The summed E-state index contributed by atoms with van der Waals surface area (Å²) in [6.45, 7) is 2.04. The minimum Gasteiger partial charge on any atom is -0.504 e. The maximum Gasteiger partial charge on any atom is 0.158 e. The molecule has 1 saturated heterocycles. The topological polar surface area (TPSA) is 55.7 Å². The van der Waals surface area contributed by atoms with Crippen molar-refractivity contribution in [3.63, 3.8) is 0 Å². The lowest BCUT2D eigenvalue weighted by atomic mass is 9.85. The lowest BCUT2D eigenvalue weighted by molar-refractivity contribution is 0.229. The average molecular weight is 487 g/mol. The quantitative estimate of drug-likeness (QED) is 0.187. The summed E-state index contributed by atoms with van der Waals surface area (Å²) in [5.74, 6) is -0.131. The van der Waals surface area contributed by atoms with Crippen LogP contribution in [0.3, 0.4) is 0 Å². The van der Waals surface area contributed by atoms with Gasteiger partial charge in [-0.2, -0.15) is 0 Å². The minimum absolute atomic E-state index is 0.00763. The number of nitrogens with zero attached hydrogens (tertiary/aromatic N) is 1. The maximum absolute atomic E-state index is 10.5. The largest absolute Gasteiger partial charge is 0.504 e. The number of nitrogens with one attached hydrogen (secondary N) is 1. The molecule has 0 amide bonds. The Bertz CT molecular complexity index is 1580. The van der Waals surface area contributed by atoms with Crippen molar-refractivity contribution in [2.75, 3.05) is 11.9 Å². The van der Waals surface area contributed by atoms with E-state index < -0.39 is 0 Å². The molecule has 1 atom stereocenters. The van der Waals surface area contributed by atoms with Gasteiger partial charge in [0.1, 0.15) is 0 Å². The molecule has 4 nitrogen and oxygen atoms in total. The molecule has 1 fully saturated rings. The van der Waals surface area contributed by atoms with Crippen molar-refractivity contribution >= 4 is 27.2 Å². The highest BCUT2D eigenvalue weighted by Crippen LogP contribution is 2.44. The van der Waals surface area contributed by atoms with E-state index in [1.165, 1.54) is 40.5 Å². The molecule has 7 rings (SSSR count). The van der Waals surface area contributed by atoms with Gasteiger partial charge in [0, 0.05) is 18.3 Å². The zero-order valence-corrected chi connectivity index (χ0v) is 20.7. The zero-order valence-electron chi connectivity index (χ0n) is 20.7. The normalized spacial score (nSPS) is 17.3. The summed E-state index contributed by atoms with van der Waals surface area (Å²) >= 11 is 0. The van der Waals surface area contributed by atoms with Gasteiger partial charge in [-0.1, -0.05) is 66.7 Å². The second-order valence-electron chi connectivity index (χ2n) is 10.5. The Labute approximate surface area is 216 Å². The maximum atomic E-state index is 10.5. The van der Waals surface area contributed by atoms with Crippen LogP contribution < -0.4 is 5.32 Å². The number of anilines is 1. The Morgan fingerprint density at radius 2 is 1.35 bits per heavy atom. The van der Waals surface area contributed by atoms with Crippen LogP contribution in [0.5, 0.6) is 11.5 Å². The SMILES string of the molecule is Oc1cc2c3c(c4ccc(NC(c5ccccc5)c5ccccc5)cc4c2cc1O)C[C@@H]1CCCN1C3. The predicted octanol–water partition coefficient (Wildman–Crippen LogP) is 7.13. The molecule has 37 heavy (non-hydrogen) atoms. The third-order valence-corrected chi connectivity index (χ3v) is 8.32. The van der Waals surface area contributed by atoms with Crippen LogP contribution in [0.15, 0.2) is 91.0 Å². The Morgan fingerprint density at radius 3 is 2.05 bits per heavy atom. The molecule has 0 saturated carbocycles. The van der Waals surface area contributed by atoms with Gasteiger partial charge in [0.15, 0.2) is 11.5 Å². The minimum atomic E-state index is -0.0755. The van der Waals surface area contributed by atoms with E-state index in [4.69, 9.17) is 0 Å². The van der Waals surface area contributed by atoms with Crippen LogP contribution in [0.25, 0.3) is 21.5 Å². The fourth-order valence-corrected chi connectivity index (χ4v) is 6.50. The van der Waals surface area contributed by atoms with Crippen LogP contribution in [0.1, 0.15) is 41.1 Å². The van der Waals surface area contributed by atoms with E-state index in [0.717, 1.165) is 41.4 Å². The third-order valence-electron chi connectivity index (χ3n) is 8.32. The number of rotatable bonds is 4. The van der Waals surface area contributed by atoms with Crippen molar-refractivity contribution in [1.29, 1.82) is 0 Å². The van der Waals surface area contributed by atoms with Gasteiger partial charge < -0.3 is 15.5 Å². The molecule has 0 radical (unpaired) electrons. The number of phenols is 2. The molecule has 0 unspecified atom stereocenters. The summed E-state index contributed by atoms with van der Waals surface area (Å²) in [7, 11) is 0. The molecule has 5 aromatic rings. The number of hydrogen-bond donors (Lipinski definition) is 3. The molecule has 2 aliphatic heterocycles. The van der Waals surface area contributed by atoms with Gasteiger partial charge in [0.2, 0.25) is 0 Å². The first-order valence-corrected chi connectivity index (χ1v) is 13.2. The molecule has 3 N–H and O–H groups in total. The third kappa shape index (κ3) is 3.80. The van der Waals surface area contributed by atoms with E-state index in [9.17, 15) is 10.2 Å². The summed E-state index contributed by atoms with van der Waals surface area (Å²) in [6.07, 6.45) is 3.52. The van der Waals surface area contributed by atoms with Gasteiger partial charge in [0.25, 0.3) is 0 Å². The molecular weight excluding hydrogens is 456 g/mol. The Balaban J connectivity index is 1.40. The van der Waals surface area contributed by atoms with Crippen molar-refractivity contribution in [2.24, 2.45) is 0 Å². The first-order chi connectivity index (χ1) is 18.2. The van der Waals surface area contributed by atoms with Crippen molar-refractivity contribution in [3.05, 3.63) is 113 Å². The van der Waals surface area contributed by atoms with Gasteiger partial charge in [-0.05, 0) is 93.9 Å². The number of fused-ring (bicyclic) bond motifs is 7. The molecule has 5 aromatic carbocycles. The monoisotopic (exact) mass is 486 g/mol. The van der Waals surface area contributed by atoms with Crippen molar-refractivity contribution in [3.8, 4) is 11.5 Å². The van der Waals surface area contributed by atoms with Gasteiger partial charge in [-0.15, -0.1) is 0 Å². The van der Waals surface area contributed by atoms with Crippen molar-refractivity contribution in [2.45, 2.75) is 37.9 Å². The Hall–Kier alpha value is -4.02.